The smallest absolute Gasteiger partial charge is 0.228 e. The minimum absolute atomic E-state index is 0.162. The lowest BCUT2D eigenvalue weighted by Crippen LogP contribution is -2.47. The molecule has 0 unspecified atom stereocenters. The van der Waals surface area contributed by atoms with Gasteiger partial charge in [-0.25, -0.2) is 4.98 Å². The average molecular weight is 323 g/mol. The lowest BCUT2D eigenvalue weighted by Gasteiger charge is -2.38. The highest BCUT2D eigenvalue weighted by Crippen LogP contribution is 2.23. The van der Waals surface area contributed by atoms with Crippen molar-refractivity contribution in [3.63, 3.8) is 0 Å². The van der Waals surface area contributed by atoms with Crippen molar-refractivity contribution in [1.29, 1.82) is 0 Å². The quantitative estimate of drug-likeness (QED) is 0.845. The predicted molar refractivity (Wildman–Crippen MR) is 96.8 cm³/mol. The van der Waals surface area contributed by atoms with E-state index in [-0.39, 0.29) is 11.9 Å². The number of pyridine rings is 1. The minimum Gasteiger partial charge on any atom is -0.299 e. The summed E-state index contributed by atoms with van der Waals surface area (Å²) < 4.78 is 0. The van der Waals surface area contributed by atoms with Crippen LogP contribution in [0.4, 0.5) is 5.82 Å². The molecular weight excluding hydrogens is 298 g/mol. The first-order chi connectivity index (χ1) is 11.8. The number of rotatable bonds is 5. The Balaban J connectivity index is 1.64. The number of carbonyl (C=O) groups excluding carboxylic acids is 1. The molecule has 2 aromatic rings. The zero-order chi connectivity index (χ0) is 16.8. The Morgan fingerprint density at radius 1 is 1.12 bits per heavy atom. The second kappa shape index (κ2) is 8.06. The third-order valence-corrected chi connectivity index (χ3v) is 4.64. The summed E-state index contributed by atoms with van der Waals surface area (Å²) in [5.41, 5.74) is 1.35. The number of likely N-dealkylation sites (tertiary alicyclic amines) is 1. The lowest BCUT2D eigenvalue weighted by atomic mass is 10.0. The molecule has 0 N–H and O–H groups in total. The highest BCUT2D eigenvalue weighted by Gasteiger charge is 2.28. The topological polar surface area (TPSA) is 36.4 Å². The van der Waals surface area contributed by atoms with Crippen molar-refractivity contribution < 1.29 is 4.79 Å². The van der Waals surface area contributed by atoms with Gasteiger partial charge in [-0.1, -0.05) is 43.3 Å². The number of hydrogen-bond acceptors (Lipinski definition) is 3. The van der Waals surface area contributed by atoms with Gasteiger partial charge in [-0.15, -0.1) is 0 Å². The second-order valence-electron chi connectivity index (χ2n) is 6.30. The van der Waals surface area contributed by atoms with E-state index in [0.29, 0.717) is 6.42 Å². The maximum absolute atomic E-state index is 12.5. The monoisotopic (exact) mass is 323 g/mol. The zero-order valence-electron chi connectivity index (χ0n) is 14.3. The van der Waals surface area contributed by atoms with Gasteiger partial charge in [0.1, 0.15) is 5.82 Å². The van der Waals surface area contributed by atoms with E-state index in [4.69, 9.17) is 0 Å². The van der Waals surface area contributed by atoms with Gasteiger partial charge in [0.2, 0.25) is 5.91 Å². The number of anilines is 1. The summed E-state index contributed by atoms with van der Waals surface area (Å²) in [6, 6.07) is 16.6. The molecule has 4 heteroatoms. The van der Waals surface area contributed by atoms with Gasteiger partial charge >= 0.3 is 0 Å². The Kier molecular flexibility index (Phi) is 5.59. The Morgan fingerprint density at radius 2 is 1.83 bits per heavy atom. The van der Waals surface area contributed by atoms with Crippen LogP contribution in [0.2, 0.25) is 0 Å². The molecule has 0 saturated carbocycles. The maximum atomic E-state index is 12.5. The van der Waals surface area contributed by atoms with E-state index in [9.17, 15) is 4.79 Å². The van der Waals surface area contributed by atoms with Crippen LogP contribution in [-0.2, 0) is 11.3 Å². The van der Waals surface area contributed by atoms with Crippen LogP contribution in [0.5, 0.6) is 0 Å². The second-order valence-corrected chi connectivity index (χ2v) is 6.30. The summed E-state index contributed by atoms with van der Waals surface area (Å²) in [6.45, 7) is 4.93. The van der Waals surface area contributed by atoms with Crippen LogP contribution in [0.3, 0.4) is 0 Å². The summed E-state index contributed by atoms with van der Waals surface area (Å²) in [6.07, 6.45) is 4.26. The zero-order valence-corrected chi connectivity index (χ0v) is 14.3. The fourth-order valence-electron chi connectivity index (χ4n) is 3.36. The molecule has 0 bridgehead atoms. The van der Waals surface area contributed by atoms with E-state index in [1.54, 1.807) is 6.20 Å². The van der Waals surface area contributed by atoms with Gasteiger partial charge in [0.25, 0.3) is 0 Å². The van der Waals surface area contributed by atoms with E-state index < -0.39 is 0 Å². The van der Waals surface area contributed by atoms with E-state index in [1.165, 1.54) is 5.56 Å². The summed E-state index contributed by atoms with van der Waals surface area (Å²) in [5, 5.41) is 0. The molecule has 0 aliphatic carbocycles. The number of benzene rings is 1. The van der Waals surface area contributed by atoms with Gasteiger partial charge in [-0.3, -0.25) is 14.6 Å². The number of nitrogens with zero attached hydrogens (tertiary/aromatic N) is 3. The van der Waals surface area contributed by atoms with Crippen molar-refractivity contribution in [2.24, 2.45) is 0 Å². The Hall–Kier alpha value is -2.20. The van der Waals surface area contributed by atoms with Crippen LogP contribution in [0, 0.1) is 0 Å². The van der Waals surface area contributed by atoms with Gasteiger partial charge in [0.05, 0.1) is 0 Å². The highest BCUT2D eigenvalue weighted by atomic mass is 16.2. The van der Waals surface area contributed by atoms with Gasteiger partial charge in [-0.05, 0) is 30.5 Å². The molecule has 0 atom stereocenters. The first kappa shape index (κ1) is 16.7. The third kappa shape index (κ3) is 4.01. The summed E-state index contributed by atoms with van der Waals surface area (Å²) in [7, 11) is 0. The fourth-order valence-corrected chi connectivity index (χ4v) is 3.36. The van der Waals surface area contributed by atoms with Crippen LogP contribution < -0.4 is 4.90 Å². The molecule has 126 valence electrons. The fraction of sp³-hybridized carbons (Fsp3) is 0.400. The normalized spacial score (nSPS) is 16.0. The van der Waals surface area contributed by atoms with Crippen molar-refractivity contribution >= 4 is 11.7 Å². The van der Waals surface area contributed by atoms with Crippen LogP contribution in [-0.4, -0.2) is 34.9 Å². The average Bonchev–Trinajstić information content (AvgIpc) is 2.65. The Labute approximate surface area is 144 Å². The third-order valence-electron chi connectivity index (χ3n) is 4.64. The van der Waals surface area contributed by atoms with E-state index in [1.807, 2.05) is 30.0 Å². The van der Waals surface area contributed by atoms with Gasteiger partial charge < -0.3 is 0 Å². The van der Waals surface area contributed by atoms with E-state index >= 15 is 0 Å². The molecule has 1 aliphatic heterocycles. The molecular formula is C20H25N3O. The molecule has 1 aromatic carbocycles. The van der Waals surface area contributed by atoms with Crippen molar-refractivity contribution in [2.75, 3.05) is 18.0 Å². The van der Waals surface area contributed by atoms with Crippen LogP contribution in [0.25, 0.3) is 0 Å². The summed E-state index contributed by atoms with van der Waals surface area (Å²) >= 11 is 0. The molecule has 4 nitrogen and oxygen atoms in total. The van der Waals surface area contributed by atoms with Crippen molar-refractivity contribution in [1.82, 2.24) is 9.88 Å². The molecule has 1 aliphatic rings. The molecule has 0 radical (unpaired) electrons. The summed E-state index contributed by atoms with van der Waals surface area (Å²) in [4.78, 5) is 21.2. The molecule has 1 fully saturated rings. The Bertz CT molecular complexity index is 636. The van der Waals surface area contributed by atoms with Crippen molar-refractivity contribution in [3.8, 4) is 0 Å². The van der Waals surface area contributed by atoms with Crippen LogP contribution >= 0.6 is 0 Å². The molecule has 1 aromatic heterocycles. The molecule has 1 saturated heterocycles. The lowest BCUT2D eigenvalue weighted by molar-refractivity contribution is -0.119. The number of piperidine rings is 1. The SMILES string of the molecule is CCC(=O)N(c1ccccn1)C1CCN(Cc2ccccc2)CC1. The van der Waals surface area contributed by atoms with Gasteiger partial charge in [0, 0.05) is 38.3 Å². The number of amides is 1. The van der Waals surface area contributed by atoms with Gasteiger partial charge in [0.15, 0.2) is 0 Å². The molecule has 1 amide bonds. The largest absolute Gasteiger partial charge is 0.299 e. The number of carbonyl (C=O) groups is 1. The maximum Gasteiger partial charge on any atom is 0.228 e. The van der Waals surface area contributed by atoms with Crippen molar-refractivity contribution in [3.05, 3.63) is 60.3 Å². The predicted octanol–water partition coefficient (Wildman–Crippen LogP) is 3.49. The minimum atomic E-state index is 0.162. The first-order valence-electron chi connectivity index (χ1n) is 8.77. The van der Waals surface area contributed by atoms with E-state index in [0.717, 1.165) is 38.3 Å². The molecule has 2 heterocycles. The van der Waals surface area contributed by atoms with Gasteiger partial charge in [-0.2, -0.15) is 0 Å². The van der Waals surface area contributed by atoms with Crippen LogP contribution in [0.15, 0.2) is 54.7 Å². The van der Waals surface area contributed by atoms with Crippen molar-refractivity contribution in [2.45, 2.75) is 38.8 Å². The number of aromatic nitrogens is 1. The summed E-state index contributed by atoms with van der Waals surface area (Å²) in [5.74, 6) is 0.945. The van der Waals surface area contributed by atoms with E-state index in [2.05, 4.69) is 40.2 Å². The van der Waals surface area contributed by atoms with Crippen LogP contribution in [0.1, 0.15) is 31.7 Å². The Morgan fingerprint density at radius 3 is 2.46 bits per heavy atom. The first-order valence-corrected chi connectivity index (χ1v) is 8.77. The molecule has 0 spiro atoms. The molecule has 3 rings (SSSR count). The number of hydrogen-bond donors (Lipinski definition) is 0. The molecule has 24 heavy (non-hydrogen) atoms. The standard InChI is InChI=1S/C20H25N3O/c1-2-20(24)23(19-10-6-7-13-21-19)18-11-14-22(15-12-18)16-17-8-4-3-5-9-17/h3-10,13,18H,2,11-12,14-16H2,1H3. The highest BCUT2D eigenvalue weighted by molar-refractivity contribution is 5.92.